The van der Waals surface area contributed by atoms with Crippen molar-refractivity contribution < 1.29 is 9.53 Å². The Balaban J connectivity index is 1.76. The summed E-state index contributed by atoms with van der Waals surface area (Å²) in [5.41, 5.74) is 12.5. The van der Waals surface area contributed by atoms with Crippen molar-refractivity contribution in [3.05, 3.63) is 69.8 Å². The van der Waals surface area contributed by atoms with E-state index in [9.17, 15) is 4.79 Å². The van der Waals surface area contributed by atoms with Gasteiger partial charge in [-0.25, -0.2) is 0 Å². The maximum absolute atomic E-state index is 13.1. The van der Waals surface area contributed by atoms with Crippen LogP contribution in [-0.4, -0.2) is 17.4 Å². The highest BCUT2D eigenvalue weighted by atomic mass is 16.5. The van der Waals surface area contributed by atoms with Crippen LogP contribution < -0.4 is 5.73 Å². The van der Waals surface area contributed by atoms with Crippen LogP contribution in [0.3, 0.4) is 0 Å². The van der Waals surface area contributed by atoms with E-state index in [-0.39, 0.29) is 18.0 Å². The molecular formula is C20H22N2O2. The van der Waals surface area contributed by atoms with Gasteiger partial charge in [-0.1, -0.05) is 30.3 Å². The lowest BCUT2D eigenvalue weighted by molar-refractivity contribution is 0.0283. The van der Waals surface area contributed by atoms with Crippen LogP contribution in [-0.2, 0) is 17.9 Å². The van der Waals surface area contributed by atoms with Gasteiger partial charge in [-0.05, 0) is 47.7 Å². The number of hydrogen-bond donors (Lipinski definition) is 1. The zero-order valence-electron chi connectivity index (χ0n) is 14.1. The number of fused-ring (bicyclic) bond motifs is 2. The van der Waals surface area contributed by atoms with Crippen LogP contribution in [0.2, 0.25) is 0 Å². The molecule has 2 heterocycles. The minimum absolute atomic E-state index is 0.0314. The highest BCUT2D eigenvalue weighted by molar-refractivity contribution is 5.99. The Labute approximate surface area is 142 Å². The number of carbonyl (C=O) groups excluding carboxylic acids is 1. The minimum atomic E-state index is -0.0821. The Bertz CT molecular complexity index is 813. The van der Waals surface area contributed by atoms with Gasteiger partial charge in [0.1, 0.15) is 0 Å². The summed E-state index contributed by atoms with van der Waals surface area (Å²) in [7, 11) is 0. The molecule has 4 nitrogen and oxygen atoms in total. The van der Waals surface area contributed by atoms with Gasteiger partial charge in [-0.15, -0.1) is 0 Å². The van der Waals surface area contributed by atoms with Crippen molar-refractivity contribution in [3.63, 3.8) is 0 Å². The fraction of sp³-hybridized carbons (Fsp3) is 0.350. The molecule has 2 atom stereocenters. The van der Waals surface area contributed by atoms with Gasteiger partial charge in [-0.3, -0.25) is 4.79 Å². The van der Waals surface area contributed by atoms with Gasteiger partial charge in [0.15, 0.2) is 0 Å². The summed E-state index contributed by atoms with van der Waals surface area (Å²) in [6.45, 7) is 5.76. The van der Waals surface area contributed by atoms with Crippen molar-refractivity contribution >= 4 is 5.91 Å². The molecule has 1 amide bonds. The molecule has 124 valence electrons. The molecule has 0 aromatic heterocycles. The molecule has 2 aliphatic rings. The van der Waals surface area contributed by atoms with E-state index in [1.165, 1.54) is 11.1 Å². The molecule has 2 unspecified atom stereocenters. The number of amides is 1. The fourth-order valence-corrected chi connectivity index (χ4v) is 3.89. The molecule has 0 saturated carbocycles. The second kappa shape index (κ2) is 5.72. The van der Waals surface area contributed by atoms with Gasteiger partial charge in [0, 0.05) is 18.2 Å². The third kappa shape index (κ3) is 2.34. The molecule has 2 aromatic carbocycles. The van der Waals surface area contributed by atoms with Crippen molar-refractivity contribution in [1.82, 2.24) is 4.90 Å². The van der Waals surface area contributed by atoms with E-state index in [1.54, 1.807) is 0 Å². The number of hydrogen-bond acceptors (Lipinski definition) is 3. The molecule has 0 spiro atoms. The third-order valence-corrected chi connectivity index (χ3v) is 5.06. The zero-order chi connectivity index (χ0) is 16.8. The predicted octanol–water partition coefficient (Wildman–Crippen LogP) is 3.24. The largest absolute Gasteiger partial charge is 0.374 e. The highest BCUT2D eigenvalue weighted by Crippen LogP contribution is 2.38. The Kier molecular flexibility index (Phi) is 3.66. The molecule has 2 N–H and O–H groups in total. The Morgan fingerprint density at radius 2 is 2.08 bits per heavy atom. The molecule has 2 aliphatic heterocycles. The molecule has 4 heteroatoms. The molecule has 24 heavy (non-hydrogen) atoms. The second-order valence-electron chi connectivity index (χ2n) is 6.83. The number of nitrogens with zero attached hydrogens (tertiary/aromatic N) is 1. The van der Waals surface area contributed by atoms with Gasteiger partial charge in [0.2, 0.25) is 0 Å². The van der Waals surface area contributed by atoms with E-state index >= 15 is 0 Å². The minimum Gasteiger partial charge on any atom is -0.374 e. The van der Waals surface area contributed by atoms with Crippen LogP contribution in [0.1, 0.15) is 57.2 Å². The average molecular weight is 322 g/mol. The maximum atomic E-state index is 13.1. The number of ether oxygens (including phenoxy) is 1. The van der Waals surface area contributed by atoms with Gasteiger partial charge in [0.25, 0.3) is 5.91 Å². The lowest BCUT2D eigenvalue weighted by atomic mass is 9.96. The number of nitrogens with two attached hydrogens (primary N) is 1. The Hall–Kier alpha value is -2.17. The summed E-state index contributed by atoms with van der Waals surface area (Å²) in [4.78, 5) is 15.0. The average Bonchev–Trinajstić information content (AvgIpc) is 2.90. The van der Waals surface area contributed by atoms with Crippen LogP contribution in [0.25, 0.3) is 0 Å². The molecule has 0 aliphatic carbocycles. The third-order valence-electron chi connectivity index (χ3n) is 5.06. The van der Waals surface area contributed by atoms with Gasteiger partial charge in [-0.2, -0.15) is 0 Å². The SMILES string of the molecule is Cc1cc2c(c(C(C)N)c1)CN(C1COCc3ccccc31)C2=O. The molecule has 0 fully saturated rings. The smallest absolute Gasteiger partial charge is 0.255 e. The van der Waals surface area contributed by atoms with Gasteiger partial charge < -0.3 is 15.4 Å². The molecular weight excluding hydrogens is 300 g/mol. The normalized spacial score (nSPS) is 20.7. The fourth-order valence-electron chi connectivity index (χ4n) is 3.89. The first-order chi connectivity index (χ1) is 11.6. The first-order valence-electron chi connectivity index (χ1n) is 8.41. The molecule has 4 rings (SSSR count). The topological polar surface area (TPSA) is 55.6 Å². The first-order valence-corrected chi connectivity index (χ1v) is 8.41. The van der Waals surface area contributed by atoms with Crippen LogP contribution in [0.4, 0.5) is 0 Å². The van der Waals surface area contributed by atoms with E-state index in [0.717, 1.165) is 22.3 Å². The standard InChI is InChI=1S/C20H22N2O2/c1-12-7-16(13(2)21)18-9-22(20(23)17(18)8-12)19-11-24-10-14-5-3-4-6-15(14)19/h3-8,13,19H,9-11,21H2,1-2H3. The van der Waals surface area contributed by atoms with E-state index in [1.807, 2.05) is 36.9 Å². The van der Waals surface area contributed by atoms with E-state index in [4.69, 9.17) is 10.5 Å². The van der Waals surface area contributed by atoms with Crippen LogP contribution >= 0.6 is 0 Å². The predicted molar refractivity (Wildman–Crippen MR) is 92.5 cm³/mol. The summed E-state index contributed by atoms with van der Waals surface area (Å²) in [6, 6.07) is 12.2. The summed E-state index contributed by atoms with van der Waals surface area (Å²) in [5, 5.41) is 0. The highest BCUT2D eigenvalue weighted by Gasteiger charge is 2.37. The Morgan fingerprint density at radius 1 is 1.29 bits per heavy atom. The van der Waals surface area contributed by atoms with Crippen molar-refractivity contribution in [1.29, 1.82) is 0 Å². The monoisotopic (exact) mass is 322 g/mol. The summed E-state index contributed by atoms with van der Waals surface area (Å²) in [6.07, 6.45) is 0. The molecule has 0 radical (unpaired) electrons. The van der Waals surface area contributed by atoms with Crippen molar-refractivity contribution in [3.8, 4) is 0 Å². The van der Waals surface area contributed by atoms with Crippen molar-refractivity contribution in [2.24, 2.45) is 5.73 Å². The maximum Gasteiger partial charge on any atom is 0.255 e. The van der Waals surface area contributed by atoms with Gasteiger partial charge in [0.05, 0.1) is 19.3 Å². The Morgan fingerprint density at radius 3 is 2.88 bits per heavy atom. The number of carbonyl (C=O) groups is 1. The van der Waals surface area contributed by atoms with E-state index in [0.29, 0.717) is 19.8 Å². The number of benzene rings is 2. The summed E-state index contributed by atoms with van der Waals surface area (Å²) in [5.74, 6) is 0.0842. The molecule has 0 saturated heterocycles. The summed E-state index contributed by atoms with van der Waals surface area (Å²) >= 11 is 0. The lowest BCUT2D eigenvalue weighted by Gasteiger charge is -2.33. The molecule has 2 aromatic rings. The second-order valence-corrected chi connectivity index (χ2v) is 6.83. The van der Waals surface area contributed by atoms with E-state index in [2.05, 4.69) is 18.2 Å². The summed E-state index contributed by atoms with van der Waals surface area (Å²) < 4.78 is 5.75. The van der Waals surface area contributed by atoms with Crippen LogP contribution in [0, 0.1) is 6.92 Å². The van der Waals surface area contributed by atoms with Crippen molar-refractivity contribution in [2.75, 3.05) is 6.61 Å². The van der Waals surface area contributed by atoms with Crippen LogP contribution in [0.5, 0.6) is 0 Å². The lowest BCUT2D eigenvalue weighted by Crippen LogP contribution is -2.35. The van der Waals surface area contributed by atoms with E-state index < -0.39 is 0 Å². The first kappa shape index (κ1) is 15.4. The quantitative estimate of drug-likeness (QED) is 0.923. The zero-order valence-corrected chi connectivity index (χ0v) is 14.1. The number of aryl methyl sites for hydroxylation is 1. The molecule has 0 bridgehead atoms. The van der Waals surface area contributed by atoms with Crippen LogP contribution in [0.15, 0.2) is 36.4 Å². The van der Waals surface area contributed by atoms with Gasteiger partial charge >= 0.3 is 0 Å². The van der Waals surface area contributed by atoms with Crippen molar-refractivity contribution in [2.45, 2.75) is 39.1 Å². The number of rotatable bonds is 2.